The maximum atomic E-state index is 13.1. The van der Waals surface area contributed by atoms with Crippen molar-refractivity contribution in [2.45, 2.75) is 18.9 Å². The zero-order valence-corrected chi connectivity index (χ0v) is 17.5. The summed E-state index contributed by atoms with van der Waals surface area (Å²) in [6, 6.07) is 14.3. The number of aromatic nitrogens is 2. The molecule has 7 N–H and O–H groups in total. The Labute approximate surface area is 185 Å². The van der Waals surface area contributed by atoms with Gasteiger partial charge in [-0.05, 0) is 37.1 Å². The Balaban J connectivity index is 1.62. The molecule has 0 radical (unpaired) electrons. The summed E-state index contributed by atoms with van der Waals surface area (Å²) >= 11 is 0. The summed E-state index contributed by atoms with van der Waals surface area (Å²) in [7, 11) is 0. The highest BCUT2D eigenvalue weighted by atomic mass is 16.2. The van der Waals surface area contributed by atoms with Crippen molar-refractivity contribution in [1.29, 1.82) is 0 Å². The van der Waals surface area contributed by atoms with E-state index >= 15 is 0 Å². The molecule has 0 aliphatic carbocycles. The molecule has 0 bridgehead atoms. The summed E-state index contributed by atoms with van der Waals surface area (Å²) in [4.78, 5) is 35.3. The second kappa shape index (κ2) is 9.03. The molecule has 2 heterocycles. The fraction of sp³-hybridized carbons (Fsp3) is 0.217. The van der Waals surface area contributed by atoms with Gasteiger partial charge >= 0.3 is 0 Å². The number of rotatable bonds is 5. The molecular weight excluding hydrogens is 406 g/mol. The molecule has 9 heteroatoms. The summed E-state index contributed by atoms with van der Waals surface area (Å²) in [5, 5.41) is 2.91. The van der Waals surface area contributed by atoms with Crippen molar-refractivity contribution in [3.05, 3.63) is 66.0 Å². The fourth-order valence-corrected chi connectivity index (χ4v) is 3.80. The molecule has 9 nitrogen and oxygen atoms in total. The monoisotopic (exact) mass is 431 g/mol. The Kier molecular flexibility index (Phi) is 6.00. The maximum Gasteiger partial charge on any atom is 0.278 e. The SMILES string of the molecule is NC(=O)c1cccc(-c2cnc(N)c(C(=O)Nc3ccccc3N3CCCC(N)C3)n2)c1. The largest absolute Gasteiger partial charge is 0.382 e. The van der Waals surface area contributed by atoms with Crippen LogP contribution in [0.15, 0.2) is 54.7 Å². The maximum absolute atomic E-state index is 13.1. The minimum absolute atomic E-state index is 0.00266. The van der Waals surface area contributed by atoms with Gasteiger partial charge in [0, 0.05) is 30.3 Å². The minimum Gasteiger partial charge on any atom is -0.382 e. The second-order valence-electron chi connectivity index (χ2n) is 7.75. The highest BCUT2D eigenvalue weighted by Crippen LogP contribution is 2.29. The Morgan fingerprint density at radius 1 is 1.12 bits per heavy atom. The van der Waals surface area contributed by atoms with Crippen LogP contribution < -0.4 is 27.4 Å². The van der Waals surface area contributed by atoms with Gasteiger partial charge in [-0.25, -0.2) is 9.97 Å². The summed E-state index contributed by atoms with van der Waals surface area (Å²) in [6.07, 6.45) is 3.43. The number of carbonyl (C=O) groups excluding carboxylic acids is 2. The van der Waals surface area contributed by atoms with Gasteiger partial charge in [-0.2, -0.15) is 0 Å². The lowest BCUT2D eigenvalue weighted by Gasteiger charge is -2.33. The number of piperidine rings is 1. The molecule has 1 saturated heterocycles. The van der Waals surface area contributed by atoms with Crippen LogP contribution in [-0.4, -0.2) is 40.9 Å². The van der Waals surface area contributed by atoms with E-state index in [2.05, 4.69) is 20.2 Å². The zero-order valence-electron chi connectivity index (χ0n) is 17.5. The lowest BCUT2D eigenvalue weighted by molar-refractivity contribution is 0.0997. The summed E-state index contributed by atoms with van der Waals surface area (Å²) in [5.41, 5.74) is 20.3. The Hall–Kier alpha value is -3.98. The smallest absolute Gasteiger partial charge is 0.278 e. The van der Waals surface area contributed by atoms with Crippen LogP contribution in [0.25, 0.3) is 11.3 Å². The number of hydrogen-bond donors (Lipinski definition) is 4. The normalized spacial score (nSPS) is 15.9. The number of nitrogens with zero attached hydrogens (tertiary/aromatic N) is 3. The van der Waals surface area contributed by atoms with E-state index in [4.69, 9.17) is 17.2 Å². The molecule has 1 aliphatic rings. The van der Waals surface area contributed by atoms with Gasteiger partial charge in [0.05, 0.1) is 23.3 Å². The van der Waals surface area contributed by atoms with E-state index in [1.807, 2.05) is 24.3 Å². The van der Waals surface area contributed by atoms with Gasteiger partial charge in [-0.1, -0.05) is 24.3 Å². The molecule has 1 unspecified atom stereocenters. The molecule has 2 amide bonds. The number of anilines is 3. The molecule has 1 aromatic heterocycles. The van der Waals surface area contributed by atoms with E-state index in [-0.39, 0.29) is 17.6 Å². The number of nitrogens with one attached hydrogen (secondary N) is 1. The van der Waals surface area contributed by atoms with Gasteiger partial charge in [0.15, 0.2) is 11.5 Å². The van der Waals surface area contributed by atoms with Crippen LogP contribution in [0, 0.1) is 0 Å². The summed E-state index contributed by atoms with van der Waals surface area (Å²) in [6.45, 7) is 1.59. The predicted octanol–water partition coefficient (Wildman–Crippen LogP) is 2.00. The Morgan fingerprint density at radius 3 is 2.72 bits per heavy atom. The van der Waals surface area contributed by atoms with Crippen molar-refractivity contribution in [3.63, 3.8) is 0 Å². The van der Waals surface area contributed by atoms with Crippen molar-refractivity contribution in [1.82, 2.24) is 9.97 Å². The van der Waals surface area contributed by atoms with E-state index in [0.717, 1.165) is 31.6 Å². The van der Waals surface area contributed by atoms with Gasteiger partial charge in [0.2, 0.25) is 5.91 Å². The van der Waals surface area contributed by atoms with E-state index in [1.165, 1.54) is 6.20 Å². The summed E-state index contributed by atoms with van der Waals surface area (Å²) < 4.78 is 0. The first-order valence-electron chi connectivity index (χ1n) is 10.4. The molecule has 0 spiro atoms. The Bertz CT molecular complexity index is 1160. The third-order valence-electron chi connectivity index (χ3n) is 5.41. The van der Waals surface area contributed by atoms with Crippen LogP contribution >= 0.6 is 0 Å². The number of nitrogens with two attached hydrogens (primary N) is 3. The first-order chi connectivity index (χ1) is 15.4. The number of carbonyl (C=O) groups is 2. The van der Waals surface area contributed by atoms with Crippen molar-refractivity contribution in [2.24, 2.45) is 11.5 Å². The van der Waals surface area contributed by atoms with Crippen LogP contribution in [-0.2, 0) is 0 Å². The number of nitrogen functional groups attached to an aromatic ring is 1. The first-order valence-corrected chi connectivity index (χ1v) is 10.4. The van der Waals surface area contributed by atoms with Gasteiger partial charge in [0.1, 0.15) is 0 Å². The third-order valence-corrected chi connectivity index (χ3v) is 5.41. The van der Waals surface area contributed by atoms with Crippen molar-refractivity contribution in [2.75, 3.05) is 29.0 Å². The zero-order chi connectivity index (χ0) is 22.7. The third kappa shape index (κ3) is 4.52. The van der Waals surface area contributed by atoms with E-state index in [9.17, 15) is 9.59 Å². The van der Waals surface area contributed by atoms with Gasteiger partial charge in [-0.3, -0.25) is 9.59 Å². The molecule has 1 atom stereocenters. The first kappa shape index (κ1) is 21.3. The van der Waals surface area contributed by atoms with Gasteiger partial charge in [-0.15, -0.1) is 0 Å². The standard InChI is InChI=1S/C23H25N7O2/c24-16-7-4-10-30(13-16)19-9-2-1-8-17(19)29-23(32)20-21(25)27-12-18(28-20)14-5-3-6-15(11-14)22(26)31/h1-3,5-6,8-9,11-12,16H,4,7,10,13,24H2,(H2,25,27)(H2,26,31)(H,29,32). The van der Waals surface area contributed by atoms with Crippen LogP contribution in [0.1, 0.15) is 33.7 Å². The lowest BCUT2D eigenvalue weighted by Crippen LogP contribution is -2.43. The number of hydrogen-bond acceptors (Lipinski definition) is 7. The minimum atomic E-state index is -0.553. The summed E-state index contributed by atoms with van der Waals surface area (Å²) in [5.74, 6) is -1.02. The molecule has 32 heavy (non-hydrogen) atoms. The van der Waals surface area contributed by atoms with Crippen LogP contribution in [0.2, 0.25) is 0 Å². The highest BCUT2D eigenvalue weighted by molar-refractivity contribution is 6.07. The quantitative estimate of drug-likeness (QED) is 0.482. The molecule has 2 aromatic carbocycles. The van der Waals surface area contributed by atoms with E-state index in [1.54, 1.807) is 24.3 Å². The van der Waals surface area contributed by atoms with Gasteiger partial charge in [0.25, 0.3) is 5.91 Å². The van der Waals surface area contributed by atoms with Crippen LogP contribution in [0.5, 0.6) is 0 Å². The number of amides is 2. The average Bonchev–Trinajstić information content (AvgIpc) is 2.79. The molecule has 3 aromatic rings. The Morgan fingerprint density at radius 2 is 1.94 bits per heavy atom. The second-order valence-corrected chi connectivity index (χ2v) is 7.75. The fourth-order valence-electron chi connectivity index (χ4n) is 3.80. The number of para-hydroxylation sites is 2. The molecular formula is C23H25N7O2. The molecule has 0 saturated carbocycles. The van der Waals surface area contributed by atoms with E-state index < -0.39 is 11.8 Å². The number of primary amides is 1. The topological polar surface area (TPSA) is 153 Å². The molecule has 1 aliphatic heterocycles. The van der Waals surface area contributed by atoms with Crippen LogP contribution in [0.3, 0.4) is 0 Å². The lowest BCUT2D eigenvalue weighted by atomic mass is 10.1. The predicted molar refractivity (Wildman–Crippen MR) is 124 cm³/mol. The number of benzene rings is 2. The van der Waals surface area contributed by atoms with Crippen molar-refractivity contribution >= 4 is 29.0 Å². The van der Waals surface area contributed by atoms with Crippen molar-refractivity contribution < 1.29 is 9.59 Å². The van der Waals surface area contributed by atoms with Crippen molar-refractivity contribution in [3.8, 4) is 11.3 Å². The van der Waals surface area contributed by atoms with E-state index in [0.29, 0.717) is 22.5 Å². The van der Waals surface area contributed by atoms with Crippen LogP contribution in [0.4, 0.5) is 17.2 Å². The molecule has 1 fully saturated rings. The highest BCUT2D eigenvalue weighted by Gasteiger charge is 2.21. The van der Waals surface area contributed by atoms with Gasteiger partial charge < -0.3 is 27.4 Å². The molecule has 164 valence electrons. The average molecular weight is 432 g/mol. The molecule has 4 rings (SSSR count).